The fraction of sp³-hybridized carbons (Fsp3) is 0.571. The van der Waals surface area contributed by atoms with Gasteiger partial charge in [0.25, 0.3) is 0 Å². The lowest BCUT2D eigenvalue weighted by atomic mass is 10.2. The molecule has 0 heterocycles. The number of halogens is 1. The van der Waals surface area contributed by atoms with Crippen LogP contribution in [-0.4, -0.2) is 46.3 Å². The van der Waals surface area contributed by atoms with Gasteiger partial charge in [0.1, 0.15) is 0 Å². The van der Waals surface area contributed by atoms with Crippen molar-refractivity contribution < 1.29 is 36.9 Å². The Labute approximate surface area is 134 Å². The second-order valence-corrected chi connectivity index (χ2v) is 8.13. The molecule has 0 aromatic heterocycles. The minimum absolute atomic E-state index is 0. The van der Waals surface area contributed by atoms with E-state index in [0.717, 1.165) is 28.6 Å². The molecule has 0 N–H and O–H groups in total. The zero-order chi connectivity index (χ0) is 13.8. The lowest BCUT2D eigenvalue weighted by Crippen LogP contribution is -3.00. The number of aryl methyl sites for hydroxylation is 1. The molecule has 19 heavy (non-hydrogen) atoms. The highest BCUT2D eigenvalue weighted by Crippen LogP contribution is 2.09. The number of rotatable bonds is 6. The van der Waals surface area contributed by atoms with E-state index in [4.69, 9.17) is 0 Å². The first-order chi connectivity index (χ1) is 8.18. The maximum absolute atomic E-state index is 12.0. The quantitative estimate of drug-likeness (QED) is 0.457. The van der Waals surface area contributed by atoms with Crippen LogP contribution in [0.2, 0.25) is 0 Å². The van der Waals surface area contributed by atoms with Gasteiger partial charge in [-0.15, -0.1) is 0 Å². The molecular weight excluding hydrogens is 373 g/mol. The third-order valence-electron chi connectivity index (χ3n) is 2.79. The minimum Gasteiger partial charge on any atom is -1.00 e. The maximum Gasteiger partial charge on any atom is 0.154 e. The molecule has 0 aliphatic rings. The Balaban J connectivity index is 0.00000324. The van der Waals surface area contributed by atoms with Crippen molar-refractivity contribution >= 4 is 9.84 Å². The van der Waals surface area contributed by atoms with E-state index in [1.54, 1.807) is 0 Å². The third kappa shape index (κ3) is 8.60. The largest absolute Gasteiger partial charge is 1.00 e. The van der Waals surface area contributed by atoms with E-state index in [1.165, 1.54) is 0 Å². The van der Waals surface area contributed by atoms with Crippen molar-refractivity contribution in [3.63, 3.8) is 0 Å². The van der Waals surface area contributed by atoms with Gasteiger partial charge in [0, 0.05) is 6.42 Å². The highest BCUT2D eigenvalue weighted by Gasteiger charge is 2.14. The van der Waals surface area contributed by atoms with Gasteiger partial charge in [0.2, 0.25) is 0 Å². The van der Waals surface area contributed by atoms with E-state index in [0.29, 0.717) is 0 Å². The van der Waals surface area contributed by atoms with Gasteiger partial charge >= 0.3 is 0 Å². The Kier molecular flexibility index (Phi) is 7.54. The number of hydrogen-bond acceptors (Lipinski definition) is 2. The monoisotopic (exact) mass is 397 g/mol. The van der Waals surface area contributed by atoms with Crippen LogP contribution in [0.5, 0.6) is 0 Å². The minimum atomic E-state index is -2.98. The van der Waals surface area contributed by atoms with Gasteiger partial charge in [-0.1, -0.05) is 29.8 Å². The summed E-state index contributed by atoms with van der Waals surface area (Å²) in [4.78, 5) is 0. The van der Waals surface area contributed by atoms with Crippen LogP contribution in [-0.2, 0) is 15.6 Å². The van der Waals surface area contributed by atoms with Crippen LogP contribution >= 0.6 is 0 Å². The number of quaternary nitrogens is 1. The standard InChI is InChI=1S/C14H24NO2S.HI/c1-13-6-8-14(9-7-13)12-18(16,17)11-5-10-15(2,3)4;/h6-9H,5,10-12H2,1-4H3;1H/q+1;/p-1. The van der Waals surface area contributed by atoms with Crippen molar-refractivity contribution in [3.05, 3.63) is 35.4 Å². The molecule has 0 bridgehead atoms. The summed E-state index contributed by atoms with van der Waals surface area (Å²) in [6.45, 7) is 2.88. The van der Waals surface area contributed by atoms with Crippen LogP contribution in [0.4, 0.5) is 0 Å². The molecule has 0 aliphatic carbocycles. The summed E-state index contributed by atoms with van der Waals surface area (Å²) in [5.74, 6) is 0.431. The Bertz CT molecular complexity index is 475. The summed E-state index contributed by atoms with van der Waals surface area (Å²) in [5, 5.41) is 0. The van der Waals surface area contributed by atoms with E-state index in [2.05, 4.69) is 21.1 Å². The second kappa shape index (κ2) is 7.59. The summed E-state index contributed by atoms with van der Waals surface area (Å²) in [6.07, 6.45) is 0.720. The zero-order valence-electron chi connectivity index (χ0n) is 12.2. The van der Waals surface area contributed by atoms with Crippen molar-refractivity contribution in [3.8, 4) is 0 Å². The molecule has 5 heteroatoms. The molecule has 0 saturated carbocycles. The summed E-state index contributed by atoms with van der Waals surface area (Å²) >= 11 is 0. The van der Waals surface area contributed by atoms with Gasteiger partial charge in [-0.05, 0) is 12.5 Å². The Hall–Kier alpha value is -0.140. The van der Waals surface area contributed by atoms with Crippen molar-refractivity contribution in [2.75, 3.05) is 33.4 Å². The average Bonchev–Trinajstić information content (AvgIpc) is 2.18. The summed E-state index contributed by atoms with van der Waals surface area (Å²) in [6, 6.07) is 7.70. The van der Waals surface area contributed by atoms with Crippen molar-refractivity contribution in [1.29, 1.82) is 0 Å². The first-order valence-corrected chi connectivity index (χ1v) is 8.06. The van der Waals surface area contributed by atoms with E-state index in [-0.39, 0.29) is 35.5 Å². The molecule has 0 fully saturated rings. The van der Waals surface area contributed by atoms with Crippen LogP contribution in [0, 0.1) is 6.92 Å². The van der Waals surface area contributed by atoms with Crippen molar-refractivity contribution in [2.45, 2.75) is 19.1 Å². The fourth-order valence-corrected chi connectivity index (χ4v) is 3.18. The molecule has 0 saturated heterocycles. The van der Waals surface area contributed by atoms with Gasteiger partial charge < -0.3 is 28.5 Å². The molecule has 0 unspecified atom stereocenters. The molecule has 0 amide bonds. The van der Waals surface area contributed by atoms with Gasteiger partial charge in [0.15, 0.2) is 9.84 Å². The van der Waals surface area contributed by atoms with Gasteiger partial charge in [0.05, 0.1) is 39.2 Å². The molecule has 1 aromatic carbocycles. The molecule has 110 valence electrons. The Morgan fingerprint density at radius 2 is 1.58 bits per heavy atom. The highest BCUT2D eigenvalue weighted by atomic mass is 127. The molecule has 0 aliphatic heterocycles. The Morgan fingerprint density at radius 1 is 1.05 bits per heavy atom. The smallest absolute Gasteiger partial charge is 0.154 e. The summed E-state index contributed by atoms with van der Waals surface area (Å²) < 4.78 is 24.7. The van der Waals surface area contributed by atoms with Crippen LogP contribution in [0.3, 0.4) is 0 Å². The number of sulfone groups is 1. The molecule has 1 aromatic rings. The summed E-state index contributed by atoms with van der Waals surface area (Å²) in [5.41, 5.74) is 2.03. The second-order valence-electron chi connectivity index (χ2n) is 5.95. The number of nitrogens with zero attached hydrogens (tertiary/aromatic N) is 1. The van der Waals surface area contributed by atoms with E-state index in [9.17, 15) is 8.42 Å². The highest BCUT2D eigenvalue weighted by molar-refractivity contribution is 7.90. The van der Waals surface area contributed by atoms with Crippen molar-refractivity contribution in [2.24, 2.45) is 0 Å². The van der Waals surface area contributed by atoms with Crippen LogP contribution in [0.15, 0.2) is 24.3 Å². The van der Waals surface area contributed by atoms with Crippen LogP contribution < -0.4 is 24.0 Å². The Morgan fingerprint density at radius 3 is 2.05 bits per heavy atom. The lowest BCUT2D eigenvalue weighted by Gasteiger charge is -2.23. The maximum atomic E-state index is 12.0. The number of benzene rings is 1. The molecular formula is C14H24INO2S. The van der Waals surface area contributed by atoms with E-state index < -0.39 is 9.84 Å². The number of hydrogen-bond donors (Lipinski definition) is 0. The fourth-order valence-electron chi connectivity index (χ4n) is 1.77. The lowest BCUT2D eigenvalue weighted by molar-refractivity contribution is -0.870. The zero-order valence-corrected chi connectivity index (χ0v) is 15.2. The third-order valence-corrected chi connectivity index (χ3v) is 4.48. The summed E-state index contributed by atoms with van der Waals surface area (Å²) in [7, 11) is 3.25. The first-order valence-electron chi connectivity index (χ1n) is 6.24. The molecule has 0 atom stereocenters. The van der Waals surface area contributed by atoms with Crippen molar-refractivity contribution in [1.82, 2.24) is 0 Å². The van der Waals surface area contributed by atoms with E-state index in [1.807, 2.05) is 31.2 Å². The molecule has 0 radical (unpaired) electrons. The molecule has 1 rings (SSSR count). The predicted octanol–water partition coefficient (Wildman–Crippen LogP) is -0.990. The van der Waals surface area contributed by atoms with Crippen LogP contribution in [0.25, 0.3) is 0 Å². The average molecular weight is 397 g/mol. The van der Waals surface area contributed by atoms with Gasteiger partial charge in [-0.3, -0.25) is 0 Å². The topological polar surface area (TPSA) is 34.1 Å². The molecule has 3 nitrogen and oxygen atoms in total. The SMILES string of the molecule is Cc1ccc(CS(=O)(=O)CCC[N+](C)(C)C)cc1.[I-]. The van der Waals surface area contributed by atoms with Crippen LogP contribution in [0.1, 0.15) is 17.5 Å². The predicted molar refractivity (Wildman–Crippen MR) is 76.2 cm³/mol. The van der Waals surface area contributed by atoms with Gasteiger partial charge in [-0.25, -0.2) is 8.42 Å². The molecule has 0 spiro atoms. The normalized spacial score (nSPS) is 12.0. The van der Waals surface area contributed by atoms with E-state index >= 15 is 0 Å². The van der Waals surface area contributed by atoms with Gasteiger partial charge in [-0.2, -0.15) is 0 Å². The first kappa shape index (κ1) is 18.9.